The number of anilines is 1. The molecule has 0 radical (unpaired) electrons. The number of nitrogens with zero attached hydrogens (tertiary/aromatic N) is 4. The highest BCUT2D eigenvalue weighted by atomic mass is 32.1. The van der Waals surface area contributed by atoms with Gasteiger partial charge in [0.15, 0.2) is 11.1 Å². The third kappa shape index (κ3) is 5.59. The van der Waals surface area contributed by atoms with E-state index in [1.165, 1.54) is 12.8 Å². The van der Waals surface area contributed by atoms with Crippen molar-refractivity contribution in [2.24, 2.45) is 10.9 Å². The normalized spacial score (nSPS) is 18.6. The number of ether oxygens (including phenoxy) is 1. The Morgan fingerprint density at radius 2 is 2.04 bits per heavy atom. The van der Waals surface area contributed by atoms with Crippen LogP contribution in [0.15, 0.2) is 10.4 Å². The summed E-state index contributed by atoms with van der Waals surface area (Å²) in [7, 11) is 0. The number of thiazole rings is 1. The molecule has 0 saturated carbocycles. The van der Waals surface area contributed by atoms with Crippen LogP contribution in [-0.2, 0) is 16.0 Å². The summed E-state index contributed by atoms with van der Waals surface area (Å²) in [5, 5.41) is 6.72. The molecule has 8 heteroatoms. The van der Waals surface area contributed by atoms with Crippen LogP contribution in [0.2, 0.25) is 0 Å². The maximum absolute atomic E-state index is 11.9. The van der Waals surface area contributed by atoms with E-state index in [0.29, 0.717) is 6.61 Å². The van der Waals surface area contributed by atoms with E-state index < -0.39 is 0 Å². The van der Waals surface area contributed by atoms with Crippen LogP contribution in [-0.4, -0.2) is 67.7 Å². The van der Waals surface area contributed by atoms with Gasteiger partial charge in [0.1, 0.15) is 0 Å². The molecule has 0 unspecified atom stereocenters. The Labute approximate surface area is 172 Å². The van der Waals surface area contributed by atoms with E-state index in [4.69, 9.17) is 14.7 Å². The first kappa shape index (κ1) is 20.9. The zero-order valence-electron chi connectivity index (χ0n) is 17.2. The molecule has 2 aliphatic rings. The summed E-state index contributed by atoms with van der Waals surface area (Å²) in [6.07, 6.45) is 5.07. The number of carbonyl (C=O) groups excluding carboxylic acids is 1. The summed E-state index contributed by atoms with van der Waals surface area (Å²) in [4.78, 5) is 26.2. The summed E-state index contributed by atoms with van der Waals surface area (Å²) in [6.45, 7) is 9.92. The Morgan fingerprint density at radius 3 is 2.71 bits per heavy atom. The van der Waals surface area contributed by atoms with Crippen molar-refractivity contribution in [2.75, 3.05) is 50.8 Å². The van der Waals surface area contributed by atoms with E-state index in [1.54, 1.807) is 11.3 Å². The number of likely N-dealkylation sites (tertiary alicyclic amines) is 1. The van der Waals surface area contributed by atoms with Crippen molar-refractivity contribution in [1.29, 1.82) is 0 Å². The number of guanidine groups is 1. The zero-order valence-corrected chi connectivity index (χ0v) is 18.0. The number of carbonyl (C=O) groups is 1. The zero-order chi connectivity index (χ0) is 19.8. The minimum absolute atomic E-state index is 0.0260. The lowest BCUT2D eigenvalue weighted by molar-refractivity contribution is -0.149. The van der Waals surface area contributed by atoms with Crippen molar-refractivity contribution < 1.29 is 9.53 Å². The molecule has 0 spiro atoms. The van der Waals surface area contributed by atoms with Gasteiger partial charge in [0.25, 0.3) is 0 Å². The molecule has 2 aliphatic heterocycles. The van der Waals surface area contributed by atoms with Crippen molar-refractivity contribution >= 4 is 28.4 Å². The average molecular weight is 408 g/mol. The van der Waals surface area contributed by atoms with Gasteiger partial charge in [-0.1, -0.05) is 0 Å². The Kier molecular flexibility index (Phi) is 7.94. The molecule has 1 aromatic heterocycles. The van der Waals surface area contributed by atoms with Crippen LogP contribution in [0.3, 0.4) is 0 Å². The number of esters is 1. The van der Waals surface area contributed by atoms with E-state index in [-0.39, 0.29) is 11.9 Å². The monoisotopic (exact) mass is 407 g/mol. The van der Waals surface area contributed by atoms with Crippen LogP contribution in [0.5, 0.6) is 0 Å². The van der Waals surface area contributed by atoms with Gasteiger partial charge in [0.2, 0.25) is 0 Å². The highest BCUT2D eigenvalue weighted by Crippen LogP contribution is 2.24. The van der Waals surface area contributed by atoms with Crippen LogP contribution >= 0.6 is 11.3 Å². The lowest BCUT2D eigenvalue weighted by atomic mass is 9.97. The van der Waals surface area contributed by atoms with Crippen molar-refractivity contribution in [3.63, 3.8) is 0 Å². The van der Waals surface area contributed by atoms with E-state index in [1.807, 2.05) is 6.92 Å². The number of hydrogen-bond acceptors (Lipinski definition) is 6. The number of rotatable bonds is 7. The van der Waals surface area contributed by atoms with Gasteiger partial charge in [0, 0.05) is 51.1 Å². The summed E-state index contributed by atoms with van der Waals surface area (Å²) in [5.74, 6) is 0.916. The Hall–Kier alpha value is -1.83. The fraction of sp³-hybridized carbons (Fsp3) is 0.750. The first-order valence-electron chi connectivity index (χ1n) is 10.6. The number of aliphatic imine (C=N–C) groups is 1. The third-order valence-corrected chi connectivity index (χ3v) is 6.25. The minimum atomic E-state index is -0.0542. The molecule has 3 heterocycles. The fourth-order valence-corrected chi connectivity index (χ4v) is 4.67. The smallest absolute Gasteiger partial charge is 0.309 e. The average Bonchev–Trinajstić information content (AvgIpc) is 3.39. The van der Waals surface area contributed by atoms with E-state index in [9.17, 15) is 4.79 Å². The fourth-order valence-electron chi connectivity index (χ4n) is 3.75. The second-order valence-corrected chi connectivity index (χ2v) is 8.15. The van der Waals surface area contributed by atoms with Gasteiger partial charge in [-0.25, -0.2) is 4.98 Å². The number of piperidine rings is 1. The van der Waals surface area contributed by atoms with Crippen LogP contribution in [0.4, 0.5) is 5.13 Å². The van der Waals surface area contributed by atoms with E-state index >= 15 is 0 Å². The van der Waals surface area contributed by atoms with Crippen LogP contribution in [0.1, 0.15) is 45.2 Å². The molecule has 2 fully saturated rings. The van der Waals surface area contributed by atoms with Gasteiger partial charge < -0.3 is 19.9 Å². The second kappa shape index (κ2) is 10.6. The van der Waals surface area contributed by atoms with Crippen LogP contribution in [0, 0.1) is 5.92 Å². The van der Waals surface area contributed by atoms with Gasteiger partial charge in [0.05, 0.1) is 18.2 Å². The highest BCUT2D eigenvalue weighted by molar-refractivity contribution is 7.13. The molecule has 0 aromatic carbocycles. The predicted octanol–water partition coefficient (Wildman–Crippen LogP) is 2.53. The Balaban J connectivity index is 1.49. The number of nitrogens with one attached hydrogen (secondary N) is 1. The minimum Gasteiger partial charge on any atom is -0.466 e. The largest absolute Gasteiger partial charge is 0.466 e. The highest BCUT2D eigenvalue weighted by Gasteiger charge is 2.27. The van der Waals surface area contributed by atoms with Crippen molar-refractivity contribution in [3.05, 3.63) is 11.1 Å². The molecule has 1 N–H and O–H groups in total. The Morgan fingerprint density at radius 1 is 1.29 bits per heavy atom. The first-order valence-corrected chi connectivity index (χ1v) is 11.5. The molecular weight excluding hydrogens is 374 g/mol. The number of aromatic nitrogens is 1. The molecule has 2 saturated heterocycles. The number of hydrogen-bond donors (Lipinski definition) is 1. The molecular formula is C20H33N5O2S. The van der Waals surface area contributed by atoms with Gasteiger partial charge in [-0.05, 0) is 39.5 Å². The molecule has 7 nitrogen and oxygen atoms in total. The predicted molar refractivity (Wildman–Crippen MR) is 114 cm³/mol. The molecule has 0 aliphatic carbocycles. The lowest BCUT2D eigenvalue weighted by Gasteiger charge is -2.33. The van der Waals surface area contributed by atoms with Gasteiger partial charge in [-0.2, -0.15) is 0 Å². The maximum Gasteiger partial charge on any atom is 0.309 e. The first-order chi connectivity index (χ1) is 13.7. The lowest BCUT2D eigenvalue weighted by Crippen LogP contribution is -2.46. The quantitative estimate of drug-likeness (QED) is 0.426. The molecule has 28 heavy (non-hydrogen) atoms. The van der Waals surface area contributed by atoms with Crippen LogP contribution < -0.4 is 10.2 Å². The van der Waals surface area contributed by atoms with E-state index in [2.05, 4.69) is 27.4 Å². The second-order valence-electron chi connectivity index (χ2n) is 7.31. The molecule has 0 amide bonds. The topological polar surface area (TPSA) is 70.1 Å². The summed E-state index contributed by atoms with van der Waals surface area (Å²) < 4.78 is 5.16. The Bertz CT molecular complexity index is 649. The van der Waals surface area contributed by atoms with E-state index in [0.717, 1.165) is 75.3 Å². The van der Waals surface area contributed by atoms with Crippen molar-refractivity contribution in [3.8, 4) is 0 Å². The van der Waals surface area contributed by atoms with Crippen molar-refractivity contribution in [1.82, 2.24) is 15.2 Å². The van der Waals surface area contributed by atoms with Crippen molar-refractivity contribution in [2.45, 2.75) is 46.0 Å². The summed E-state index contributed by atoms with van der Waals surface area (Å²) in [6, 6.07) is 0. The van der Waals surface area contributed by atoms with Gasteiger partial charge in [-0.3, -0.25) is 9.79 Å². The van der Waals surface area contributed by atoms with Gasteiger partial charge >= 0.3 is 5.97 Å². The molecule has 0 atom stereocenters. The summed E-state index contributed by atoms with van der Waals surface area (Å²) >= 11 is 1.75. The van der Waals surface area contributed by atoms with Crippen LogP contribution in [0.25, 0.3) is 0 Å². The summed E-state index contributed by atoms with van der Waals surface area (Å²) in [5.41, 5.74) is 1.13. The molecule has 0 bridgehead atoms. The third-order valence-electron chi connectivity index (χ3n) is 5.30. The molecule has 156 valence electrons. The molecule has 3 rings (SSSR count). The standard InChI is InChI=1S/C20H33N5O2S/c1-3-21-19(24-13-8-16(9-14-24)18(26)27-4-2)22-10-7-17-15-28-20(23-17)25-11-5-6-12-25/h15-16H,3-14H2,1-2H3,(H,21,22). The SMILES string of the molecule is CCNC(=NCCc1csc(N2CCCC2)n1)N1CCC(C(=O)OCC)CC1. The van der Waals surface area contributed by atoms with Gasteiger partial charge in [-0.15, -0.1) is 11.3 Å². The molecule has 1 aromatic rings. The maximum atomic E-state index is 11.9.